The van der Waals surface area contributed by atoms with Crippen molar-refractivity contribution in [2.45, 2.75) is 18.4 Å². The number of benzene rings is 1. The van der Waals surface area contributed by atoms with E-state index in [1.165, 1.54) is 11.3 Å². The molecule has 2 heterocycles. The lowest BCUT2D eigenvalue weighted by Crippen LogP contribution is -2.46. The molecule has 0 radical (unpaired) electrons. The molecule has 0 aliphatic carbocycles. The first-order valence-electron chi connectivity index (χ1n) is 6.60. The highest BCUT2D eigenvalue weighted by molar-refractivity contribution is 7.20. The minimum Gasteiger partial charge on any atom is -0.388 e. The third-order valence-electron chi connectivity index (χ3n) is 3.49. The molecule has 2 aromatic rings. The lowest BCUT2D eigenvalue weighted by molar-refractivity contribution is -0.0605. The number of hydrogen-bond acceptors (Lipinski definition) is 5. The lowest BCUT2D eigenvalue weighted by Gasteiger charge is -2.31. The first kappa shape index (κ1) is 13.5. The van der Waals surface area contributed by atoms with Crippen LogP contribution in [0, 0.1) is 0 Å². The molecule has 5 nitrogen and oxygen atoms in total. The standard InChI is InChI=1S/C14H16N2O3S/c17-12(15-9-14(18)5-7-19-8-6-14)13-16-10-3-1-2-4-11(10)20-13/h1-4,18H,5-9H2,(H,15,17). The molecule has 106 valence electrons. The number of ether oxygens (including phenoxy) is 1. The normalized spacial score (nSPS) is 18.1. The van der Waals surface area contributed by atoms with E-state index in [2.05, 4.69) is 10.3 Å². The zero-order valence-electron chi connectivity index (χ0n) is 11.0. The minimum absolute atomic E-state index is 0.230. The summed E-state index contributed by atoms with van der Waals surface area (Å²) in [4.78, 5) is 16.4. The molecule has 6 heteroatoms. The van der Waals surface area contributed by atoms with E-state index in [4.69, 9.17) is 4.74 Å². The number of carbonyl (C=O) groups excluding carboxylic acids is 1. The fraction of sp³-hybridized carbons (Fsp3) is 0.429. The Balaban J connectivity index is 1.66. The molecule has 1 aliphatic heterocycles. The Kier molecular flexibility index (Phi) is 3.69. The van der Waals surface area contributed by atoms with Crippen LogP contribution in [0.15, 0.2) is 24.3 Å². The maximum Gasteiger partial charge on any atom is 0.280 e. The molecule has 1 aromatic carbocycles. The Labute approximate surface area is 120 Å². The van der Waals surface area contributed by atoms with Gasteiger partial charge in [-0.15, -0.1) is 11.3 Å². The number of amides is 1. The van der Waals surface area contributed by atoms with E-state index in [1.807, 2.05) is 24.3 Å². The fourth-order valence-electron chi connectivity index (χ4n) is 2.22. The largest absolute Gasteiger partial charge is 0.388 e. The number of aromatic nitrogens is 1. The van der Waals surface area contributed by atoms with Crippen molar-refractivity contribution < 1.29 is 14.6 Å². The van der Waals surface area contributed by atoms with Crippen LogP contribution in [-0.4, -0.2) is 41.4 Å². The van der Waals surface area contributed by atoms with Gasteiger partial charge in [0, 0.05) is 32.6 Å². The van der Waals surface area contributed by atoms with Gasteiger partial charge in [0.2, 0.25) is 0 Å². The van der Waals surface area contributed by atoms with Gasteiger partial charge in [0.05, 0.1) is 15.8 Å². The van der Waals surface area contributed by atoms with Crippen molar-refractivity contribution in [3.63, 3.8) is 0 Å². The van der Waals surface area contributed by atoms with E-state index in [-0.39, 0.29) is 12.5 Å². The number of hydrogen-bond donors (Lipinski definition) is 2. The van der Waals surface area contributed by atoms with E-state index in [1.54, 1.807) is 0 Å². The van der Waals surface area contributed by atoms with E-state index in [0.29, 0.717) is 31.1 Å². The molecule has 1 amide bonds. The molecule has 1 aromatic heterocycles. The van der Waals surface area contributed by atoms with Gasteiger partial charge in [-0.25, -0.2) is 4.98 Å². The number of fused-ring (bicyclic) bond motifs is 1. The maximum atomic E-state index is 12.1. The van der Waals surface area contributed by atoms with Gasteiger partial charge in [-0.05, 0) is 12.1 Å². The van der Waals surface area contributed by atoms with Crippen LogP contribution in [0.2, 0.25) is 0 Å². The van der Waals surface area contributed by atoms with Crippen molar-refractivity contribution in [1.29, 1.82) is 0 Å². The van der Waals surface area contributed by atoms with Crippen LogP contribution in [0.25, 0.3) is 10.2 Å². The van der Waals surface area contributed by atoms with Crippen molar-refractivity contribution in [3.8, 4) is 0 Å². The first-order chi connectivity index (χ1) is 9.66. The number of nitrogens with zero attached hydrogens (tertiary/aromatic N) is 1. The summed E-state index contributed by atoms with van der Waals surface area (Å²) in [6, 6.07) is 7.64. The molecule has 3 rings (SSSR count). The second-order valence-electron chi connectivity index (χ2n) is 5.01. The second-order valence-corrected chi connectivity index (χ2v) is 6.04. The summed E-state index contributed by atoms with van der Waals surface area (Å²) in [6.45, 7) is 1.31. The zero-order chi connectivity index (χ0) is 14.0. The van der Waals surface area contributed by atoms with Gasteiger partial charge in [-0.2, -0.15) is 0 Å². The lowest BCUT2D eigenvalue weighted by atomic mass is 9.94. The third-order valence-corrected chi connectivity index (χ3v) is 4.52. The predicted octanol–water partition coefficient (Wildman–Crippen LogP) is 1.57. The fourth-order valence-corrected chi connectivity index (χ4v) is 3.10. The summed E-state index contributed by atoms with van der Waals surface area (Å²) in [5, 5.41) is 13.5. The van der Waals surface area contributed by atoms with Crippen molar-refractivity contribution in [3.05, 3.63) is 29.3 Å². The molecule has 0 atom stereocenters. The third kappa shape index (κ3) is 2.82. The Bertz CT molecular complexity index is 587. The number of aliphatic hydroxyl groups is 1. The molecule has 2 N–H and O–H groups in total. The molecule has 1 fully saturated rings. The van der Waals surface area contributed by atoms with Crippen molar-refractivity contribution in [2.24, 2.45) is 0 Å². The van der Waals surface area contributed by atoms with Crippen LogP contribution in [0.5, 0.6) is 0 Å². The summed E-state index contributed by atoms with van der Waals surface area (Å²) in [6.07, 6.45) is 1.10. The minimum atomic E-state index is -0.857. The monoisotopic (exact) mass is 292 g/mol. The van der Waals surface area contributed by atoms with Crippen LogP contribution >= 0.6 is 11.3 Å². The van der Waals surface area contributed by atoms with Crippen molar-refractivity contribution >= 4 is 27.5 Å². The molecule has 0 unspecified atom stereocenters. The van der Waals surface area contributed by atoms with Gasteiger partial charge < -0.3 is 15.2 Å². The molecule has 0 bridgehead atoms. The van der Waals surface area contributed by atoms with Gasteiger partial charge in [-0.1, -0.05) is 12.1 Å². The number of carbonyl (C=O) groups is 1. The molecule has 0 spiro atoms. The SMILES string of the molecule is O=C(NCC1(O)CCOCC1)c1nc2ccccc2s1. The average molecular weight is 292 g/mol. The smallest absolute Gasteiger partial charge is 0.280 e. The molecular formula is C14H16N2O3S. The van der Waals surface area contributed by atoms with Gasteiger partial charge in [0.1, 0.15) is 0 Å². The number of para-hydroxylation sites is 1. The summed E-state index contributed by atoms with van der Waals surface area (Å²) in [5.41, 5.74) is -0.0302. The van der Waals surface area contributed by atoms with Gasteiger partial charge >= 0.3 is 0 Å². The summed E-state index contributed by atoms with van der Waals surface area (Å²) in [5.74, 6) is -0.230. The Morgan fingerprint density at radius 1 is 1.40 bits per heavy atom. The summed E-state index contributed by atoms with van der Waals surface area (Å²) >= 11 is 1.36. The number of nitrogens with one attached hydrogen (secondary N) is 1. The maximum absolute atomic E-state index is 12.1. The highest BCUT2D eigenvalue weighted by atomic mass is 32.1. The van der Waals surface area contributed by atoms with Crippen LogP contribution in [0.1, 0.15) is 22.6 Å². The Morgan fingerprint density at radius 2 is 2.15 bits per heavy atom. The van der Waals surface area contributed by atoms with Crippen LogP contribution < -0.4 is 5.32 Å². The zero-order valence-corrected chi connectivity index (χ0v) is 11.8. The quantitative estimate of drug-likeness (QED) is 0.901. The molecule has 1 saturated heterocycles. The van der Waals surface area contributed by atoms with Crippen molar-refractivity contribution in [2.75, 3.05) is 19.8 Å². The highest BCUT2D eigenvalue weighted by Crippen LogP contribution is 2.22. The molecule has 0 saturated carbocycles. The number of thiazole rings is 1. The topological polar surface area (TPSA) is 71.5 Å². The molecular weight excluding hydrogens is 276 g/mol. The van der Waals surface area contributed by atoms with Gasteiger partial charge in [0.25, 0.3) is 5.91 Å². The molecule has 1 aliphatic rings. The highest BCUT2D eigenvalue weighted by Gasteiger charge is 2.30. The van der Waals surface area contributed by atoms with Crippen molar-refractivity contribution in [1.82, 2.24) is 10.3 Å². The predicted molar refractivity (Wildman–Crippen MR) is 77.0 cm³/mol. The van der Waals surface area contributed by atoms with Crippen LogP contribution in [0.3, 0.4) is 0 Å². The van der Waals surface area contributed by atoms with Crippen LogP contribution in [0.4, 0.5) is 0 Å². The second kappa shape index (κ2) is 5.47. The van der Waals surface area contributed by atoms with E-state index < -0.39 is 5.60 Å². The van der Waals surface area contributed by atoms with Gasteiger partial charge in [-0.3, -0.25) is 4.79 Å². The number of rotatable bonds is 3. The van der Waals surface area contributed by atoms with Gasteiger partial charge in [0.15, 0.2) is 5.01 Å². The average Bonchev–Trinajstić information content (AvgIpc) is 2.89. The van der Waals surface area contributed by atoms with E-state index in [9.17, 15) is 9.90 Å². The Morgan fingerprint density at radius 3 is 2.90 bits per heavy atom. The van der Waals surface area contributed by atoms with E-state index >= 15 is 0 Å². The first-order valence-corrected chi connectivity index (χ1v) is 7.42. The van der Waals surface area contributed by atoms with E-state index in [0.717, 1.165) is 10.2 Å². The Hall–Kier alpha value is -1.50. The summed E-state index contributed by atoms with van der Waals surface area (Å²) < 4.78 is 6.20. The summed E-state index contributed by atoms with van der Waals surface area (Å²) in [7, 11) is 0. The molecule has 20 heavy (non-hydrogen) atoms. The van der Waals surface area contributed by atoms with Crippen LogP contribution in [-0.2, 0) is 4.74 Å².